The Hall–Kier alpha value is -2.13. The second-order valence-electron chi connectivity index (χ2n) is 3.51. The molecule has 0 saturated heterocycles. The van der Waals surface area contributed by atoms with E-state index in [9.17, 15) is 13.2 Å². The van der Waals surface area contributed by atoms with Crippen LogP contribution in [0.1, 0.15) is 11.1 Å². The van der Waals surface area contributed by atoms with Crippen LogP contribution in [0.2, 0.25) is 0 Å². The minimum atomic E-state index is -4.35. The lowest BCUT2D eigenvalue weighted by molar-refractivity contribution is -0.137. The quantitative estimate of drug-likeness (QED) is 0.804. The third-order valence-electron chi connectivity index (χ3n) is 2.27. The van der Waals surface area contributed by atoms with Gasteiger partial charge >= 0.3 is 6.18 Å². The number of aliphatic imine (C=N–C) groups is 2. The van der Waals surface area contributed by atoms with Crippen LogP contribution in [0, 0.1) is 0 Å². The molecule has 0 fully saturated rings. The highest BCUT2D eigenvalue weighted by Gasteiger charge is 2.30. The van der Waals surface area contributed by atoms with Gasteiger partial charge in [0.25, 0.3) is 0 Å². The summed E-state index contributed by atoms with van der Waals surface area (Å²) in [5, 5.41) is 0. The van der Waals surface area contributed by atoms with Gasteiger partial charge in [0.15, 0.2) is 5.84 Å². The van der Waals surface area contributed by atoms with Gasteiger partial charge in [-0.1, -0.05) is 12.1 Å². The van der Waals surface area contributed by atoms with E-state index in [1.54, 1.807) is 0 Å². The molecule has 2 N–H and O–H groups in total. The molecule has 0 saturated carbocycles. The Morgan fingerprint density at radius 1 is 1.17 bits per heavy atom. The fourth-order valence-corrected chi connectivity index (χ4v) is 1.36. The molecule has 1 aromatic rings. The van der Waals surface area contributed by atoms with E-state index in [2.05, 4.69) is 21.6 Å². The zero-order valence-electron chi connectivity index (χ0n) is 9.12. The molecule has 1 aromatic carbocycles. The minimum Gasteiger partial charge on any atom is -0.325 e. The monoisotopic (exact) mass is 251 g/mol. The Labute approximate surface area is 101 Å². The Kier molecular flexibility index (Phi) is 3.17. The lowest BCUT2D eigenvalue weighted by Gasteiger charge is -2.07. The summed E-state index contributed by atoms with van der Waals surface area (Å²) in [5.74, 6) is 2.76. The number of hydrogen-bond acceptors (Lipinski definition) is 3. The Morgan fingerprint density at radius 2 is 1.83 bits per heavy atom. The molecule has 0 spiro atoms. The van der Waals surface area contributed by atoms with Crippen LogP contribution in [-0.2, 0) is 6.18 Å². The predicted molar refractivity (Wildman–Crippen MR) is 61.5 cm³/mol. The van der Waals surface area contributed by atoms with E-state index in [0.29, 0.717) is 11.3 Å². The van der Waals surface area contributed by atoms with Gasteiger partial charge in [-0.15, -0.1) is 0 Å². The van der Waals surface area contributed by atoms with Crippen LogP contribution in [0.4, 0.5) is 13.2 Å². The van der Waals surface area contributed by atoms with Gasteiger partial charge in [-0.05, 0) is 17.9 Å². The first kappa shape index (κ1) is 12.3. The number of amidine groups is 1. The molecule has 0 bridgehead atoms. The number of hydrogen-bond donors (Lipinski definition) is 1. The second kappa shape index (κ2) is 4.63. The number of nitrogens with two attached hydrogens (primary N) is 1. The van der Waals surface area contributed by atoms with Crippen molar-refractivity contribution in [3.63, 3.8) is 0 Å². The highest BCUT2D eigenvalue weighted by molar-refractivity contribution is 6.03. The highest BCUT2D eigenvalue weighted by atomic mass is 19.4. The summed E-state index contributed by atoms with van der Waals surface area (Å²) >= 11 is 0. The number of halogens is 3. The molecule has 0 amide bonds. The third-order valence-corrected chi connectivity index (χ3v) is 2.27. The predicted octanol–water partition coefficient (Wildman–Crippen LogP) is 2.13. The zero-order valence-corrected chi connectivity index (χ0v) is 9.12. The van der Waals surface area contributed by atoms with Crippen molar-refractivity contribution >= 4 is 11.7 Å². The smallest absolute Gasteiger partial charge is 0.325 e. The van der Waals surface area contributed by atoms with Crippen LogP contribution in [0.3, 0.4) is 0 Å². The number of alkyl halides is 3. The molecule has 1 heterocycles. The highest BCUT2D eigenvalue weighted by Crippen LogP contribution is 2.29. The van der Waals surface area contributed by atoms with Crippen molar-refractivity contribution in [2.24, 2.45) is 15.7 Å². The molecule has 1 aliphatic heterocycles. The van der Waals surface area contributed by atoms with E-state index in [0.717, 1.165) is 12.1 Å². The van der Waals surface area contributed by atoms with E-state index in [4.69, 9.17) is 5.73 Å². The van der Waals surface area contributed by atoms with Crippen LogP contribution in [0.5, 0.6) is 0 Å². The number of nitrogens with zero attached hydrogens (tertiary/aromatic N) is 2. The molecule has 92 valence electrons. The minimum absolute atomic E-state index is 0.173. The van der Waals surface area contributed by atoms with E-state index in [1.807, 2.05) is 0 Å². The summed E-state index contributed by atoms with van der Waals surface area (Å²) in [5.41, 5.74) is 8.22. The van der Waals surface area contributed by atoms with Gasteiger partial charge in [-0.25, -0.2) is 4.99 Å². The van der Waals surface area contributed by atoms with Crippen molar-refractivity contribution in [1.29, 1.82) is 0 Å². The van der Waals surface area contributed by atoms with E-state index in [1.165, 1.54) is 12.1 Å². The van der Waals surface area contributed by atoms with Crippen molar-refractivity contribution in [3.05, 3.63) is 46.8 Å². The fourth-order valence-electron chi connectivity index (χ4n) is 1.36. The molecular formula is C12H8F3N3. The van der Waals surface area contributed by atoms with Gasteiger partial charge in [0, 0.05) is 18.0 Å². The van der Waals surface area contributed by atoms with Gasteiger partial charge in [0.1, 0.15) is 5.70 Å². The summed E-state index contributed by atoms with van der Waals surface area (Å²) in [6.45, 7) is 0.173. The average molecular weight is 251 g/mol. The topological polar surface area (TPSA) is 50.7 Å². The van der Waals surface area contributed by atoms with Gasteiger partial charge in [0.05, 0.1) is 5.56 Å². The van der Waals surface area contributed by atoms with Crippen molar-refractivity contribution < 1.29 is 13.2 Å². The number of rotatable bonds is 2. The average Bonchev–Trinajstić information content (AvgIpc) is 2.38. The first-order chi connectivity index (χ1) is 8.50. The third kappa shape index (κ3) is 2.57. The van der Waals surface area contributed by atoms with Gasteiger partial charge in [-0.2, -0.15) is 18.2 Å². The molecule has 0 atom stereocenters. The standard InChI is InChI=1S/C12H8F3N3/c13-12(14,15)9-3-1-8(2-4-9)11-17-6-5-10(7-16)18-11/h1-4H,7,16H2. The molecule has 0 aromatic heterocycles. The SMILES string of the molecule is NCC1=C=C=NC(c2ccc(C(F)(F)F)cc2)=N1. The lowest BCUT2D eigenvalue weighted by Crippen LogP contribution is -2.08. The number of benzene rings is 1. The molecule has 0 aliphatic carbocycles. The summed E-state index contributed by atoms with van der Waals surface area (Å²) in [6.07, 6.45) is -4.35. The Morgan fingerprint density at radius 3 is 2.39 bits per heavy atom. The van der Waals surface area contributed by atoms with Crippen LogP contribution >= 0.6 is 0 Å². The molecule has 2 rings (SSSR count). The maximum Gasteiger partial charge on any atom is 0.416 e. The molecule has 1 aliphatic rings. The van der Waals surface area contributed by atoms with Crippen molar-refractivity contribution in [2.45, 2.75) is 6.18 Å². The summed E-state index contributed by atoms with van der Waals surface area (Å²) in [4.78, 5) is 7.87. The first-order valence-electron chi connectivity index (χ1n) is 5.04. The van der Waals surface area contributed by atoms with Gasteiger partial charge in [-0.3, -0.25) is 0 Å². The van der Waals surface area contributed by atoms with Crippen LogP contribution < -0.4 is 5.73 Å². The summed E-state index contributed by atoms with van der Waals surface area (Å²) < 4.78 is 37.1. The summed E-state index contributed by atoms with van der Waals surface area (Å²) in [6, 6.07) is 4.59. The van der Waals surface area contributed by atoms with Crippen molar-refractivity contribution in [1.82, 2.24) is 0 Å². The molecule has 0 radical (unpaired) electrons. The van der Waals surface area contributed by atoms with E-state index in [-0.39, 0.29) is 12.4 Å². The second-order valence-corrected chi connectivity index (χ2v) is 3.51. The zero-order chi connectivity index (χ0) is 13.2. The van der Waals surface area contributed by atoms with Gasteiger partial charge < -0.3 is 5.73 Å². The van der Waals surface area contributed by atoms with E-state index < -0.39 is 11.7 Å². The van der Waals surface area contributed by atoms with Gasteiger partial charge in [0.2, 0.25) is 0 Å². The van der Waals surface area contributed by atoms with Crippen LogP contribution in [0.15, 0.2) is 45.7 Å². The maximum atomic E-state index is 12.4. The molecule has 3 nitrogen and oxygen atoms in total. The summed E-state index contributed by atoms with van der Waals surface area (Å²) in [7, 11) is 0. The molecule has 0 unspecified atom stereocenters. The van der Waals surface area contributed by atoms with Crippen molar-refractivity contribution in [2.75, 3.05) is 6.54 Å². The normalized spacial score (nSPS) is 14.4. The molecule has 6 heteroatoms. The first-order valence-corrected chi connectivity index (χ1v) is 5.04. The molecule has 18 heavy (non-hydrogen) atoms. The maximum absolute atomic E-state index is 12.4. The largest absolute Gasteiger partial charge is 0.416 e. The Bertz CT molecular complexity index is 584. The van der Waals surface area contributed by atoms with Crippen LogP contribution in [0.25, 0.3) is 0 Å². The fraction of sp³-hybridized carbons (Fsp3) is 0.167. The lowest BCUT2D eigenvalue weighted by atomic mass is 10.1. The van der Waals surface area contributed by atoms with Crippen molar-refractivity contribution in [3.8, 4) is 0 Å². The van der Waals surface area contributed by atoms with Crippen LogP contribution in [-0.4, -0.2) is 18.3 Å². The Balaban J connectivity index is 2.30. The molecular weight excluding hydrogens is 243 g/mol. The van der Waals surface area contributed by atoms with E-state index >= 15 is 0 Å².